The SMILES string of the molecule is COc1ccc2c(C)cc(NN=Cc3ccc([N+](=O)[O-])o3)nc2c1. The largest absolute Gasteiger partial charge is 0.497 e. The second-order valence-corrected chi connectivity index (χ2v) is 5.01. The number of benzene rings is 1. The van der Waals surface area contributed by atoms with Crippen LogP contribution < -0.4 is 10.2 Å². The van der Waals surface area contributed by atoms with Gasteiger partial charge in [-0.1, -0.05) is 0 Å². The van der Waals surface area contributed by atoms with E-state index in [1.54, 1.807) is 7.11 Å². The number of nitro groups is 1. The van der Waals surface area contributed by atoms with Crippen LogP contribution in [0.3, 0.4) is 0 Å². The van der Waals surface area contributed by atoms with E-state index in [9.17, 15) is 10.1 Å². The minimum Gasteiger partial charge on any atom is -0.497 e. The summed E-state index contributed by atoms with van der Waals surface area (Å²) in [6.45, 7) is 1.97. The molecule has 24 heavy (non-hydrogen) atoms. The number of fused-ring (bicyclic) bond motifs is 1. The fourth-order valence-corrected chi connectivity index (χ4v) is 2.24. The van der Waals surface area contributed by atoms with Gasteiger partial charge in [0.25, 0.3) is 0 Å². The van der Waals surface area contributed by atoms with Gasteiger partial charge in [0.2, 0.25) is 0 Å². The molecule has 0 radical (unpaired) electrons. The molecule has 3 rings (SSSR count). The van der Waals surface area contributed by atoms with Crippen LogP contribution >= 0.6 is 0 Å². The smallest absolute Gasteiger partial charge is 0.433 e. The lowest BCUT2D eigenvalue weighted by Gasteiger charge is -2.07. The third kappa shape index (κ3) is 3.17. The number of aromatic nitrogens is 1. The van der Waals surface area contributed by atoms with Crippen LogP contribution in [0.1, 0.15) is 11.3 Å². The van der Waals surface area contributed by atoms with Crippen molar-refractivity contribution in [3.63, 3.8) is 0 Å². The second-order valence-electron chi connectivity index (χ2n) is 5.01. The predicted molar refractivity (Wildman–Crippen MR) is 89.6 cm³/mol. The first-order valence-electron chi connectivity index (χ1n) is 7.05. The lowest BCUT2D eigenvalue weighted by molar-refractivity contribution is -0.402. The molecule has 0 spiro atoms. The van der Waals surface area contributed by atoms with Gasteiger partial charge in [0.15, 0.2) is 5.76 Å². The normalized spacial score (nSPS) is 11.1. The molecular weight excluding hydrogens is 312 g/mol. The maximum Gasteiger partial charge on any atom is 0.433 e. The molecule has 0 amide bonds. The van der Waals surface area contributed by atoms with Crippen LogP contribution in [0.25, 0.3) is 10.9 Å². The van der Waals surface area contributed by atoms with E-state index in [0.717, 1.165) is 22.2 Å². The Hall–Kier alpha value is -3.42. The molecule has 0 fully saturated rings. The number of pyridine rings is 1. The molecule has 0 unspecified atom stereocenters. The van der Waals surface area contributed by atoms with Crippen molar-refractivity contribution < 1.29 is 14.1 Å². The number of hydrogen-bond donors (Lipinski definition) is 1. The number of aryl methyl sites for hydroxylation is 1. The number of nitrogens with zero attached hydrogens (tertiary/aromatic N) is 3. The van der Waals surface area contributed by atoms with Crippen molar-refractivity contribution in [1.82, 2.24) is 4.98 Å². The number of nitrogens with one attached hydrogen (secondary N) is 1. The van der Waals surface area contributed by atoms with Gasteiger partial charge in [-0.15, -0.1) is 0 Å². The lowest BCUT2D eigenvalue weighted by Crippen LogP contribution is -1.95. The van der Waals surface area contributed by atoms with Crippen LogP contribution in [0.4, 0.5) is 11.7 Å². The Morgan fingerprint density at radius 3 is 2.88 bits per heavy atom. The molecule has 0 aliphatic carbocycles. The van der Waals surface area contributed by atoms with Gasteiger partial charge in [-0.2, -0.15) is 5.10 Å². The minimum atomic E-state index is -0.605. The highest BCUT2D eigenvalue weighted by Gasteiger charge is 2.10. The van der Waals surface area contributed by atoms with Crippen molar-refractivity contribution in [3.8, 4) is 5.75 Å². The van der Waals surface area contributed by atoms with E-state index in [-0.39, 0.29) is 11.6 Å². The molecule has 2 heterocycles. The van der Waals surface area contributed by atoms with Crippen LogP contribution in [-0.4, -0.2) is 23.2 Å². The first-order chi connectivity index (χ1) is 11.6. The average molecular weight is 326 g/mol. The minimum absolute atomic E-state index is 0.272. The molecule has 0 saturated heterocycles. The summed E-state index contributed by atoms with van der Waals surface area (Å²) in [5.74, 6) is 1.21. The number of furan rings is 1. The Kier molecular flexibility index (Phi) is 4.11. The maximum absolute atomic E-state index is 10.6. The molecule has 0 atom stereocenters. The van der Waals surface area contributed by atoms with Crippen LogP contribution in [-0.2, 0) is 0 Å². The number of hydrogen-bond acceptors (Lipinski definition) is 7. The Morgan fingerprint density at radius 2 is 2.17 bits per heavy atom. The summed E-state index contributed by atoms with van der Waals surface area (Å²) in [6.07, 6.45) is 1.35. The zero-order valence-electron chi connectivity index (χ0n) is 13.0. The van der Waals surface area contributed by atoms with Gasteiger partial charge in [-0.3, -0.25) is 15.5 Å². The van der Waals surface area contributed by atoms with Crippen molar-refractivity contribution in [2.24, 2.45) is 5.10 Å². The molecule has 0 aliphatic heterocycles. The zero-order valence-corrected chi connectivity index (χ0v) is 13.0. The average Bonchev–Trinajstić information content (AvgIpc) is 3.03. The van der Waals surface area contributed by atoms with E-state index in [1.807, 2.05) is 31.2 Å². The van der Waals surface area contributed by atoms with Crippen LogP contribution in [0, 0.1) is 17.0 Å². The summed E-state index contributed by atoms with van der Waals surface area (Å²) >= 11 is 0. The topological polar surface area (TPSA) is 103 Å². The summed E-state index contributed by atoms with van der Waals surface area (Å²) < 4.78 is 10.2. The summed E-state index contributed by atoms with van der Waals surface area (Å²) in [7, 11) is 1.60. The van der Waals surface area contributed by atoms with E-state index in [4.69, 9.17) is 9.15 Å². The number of methoxy groups -OCH3 is 1. The van der Waals surface area contributed by atoms with Crippen molar-refractivity contribution in [1.29, 1.82) is 0 Å². The van der Waals surface area contributed by atoms with Crippen molar-refractivity contribution >= 4 is 28.8 Å². The van der Waals surface area contributed by atoms with Gasteiger partial charge in [-0.25, -0.2) is 4.98 Å². The molecular formula is C16H14N4O4. The molecule has 1 N–H and O–H groups in total. The maximum atomic E-state index is 10.6. The molecule has 8 heteroatoms. The van der Waals surface area contributed by atoms with E-state index in [1.165, 1.54) is 18.3 Å². The highest BCUT2D eigenvalue weighted by molar-refractivity contribution is 5.85. The molecule has 1 aromatic carbocycles. The van der Waals surface area contributed by atoms with Gasteiger partial charge in [0.05, 0.1) is 24.9 Å². The van der Waals surface area contributed by atoms with E-state index in [0.29, 0.717) is 5.82 Å². The third-order valence-electron chi connectivity index (χ3n) is 3.39. The van der Waals surface area contributed by atoms with Crippen LogP contribution in [0.2, 0.25) is 0 Å². The number of anilines is 1. The monoisotopic (exact) mass is 326 g/mol. The second kappa shape index (κ2) is 6.37. The predicted octanol–water partition coefficient (Wildman–Crippen LogP) is 3.50. The number of rotatable bonds is 5. The fraction of sp³-hybridized carbons (Fsp3) is 0.125. The quantitative estimate of drug-likeness (QED) is 0.437. The molecule has 0 aliphatic rings. The van der Waals surface area contributed by atoms with Gasteiger partial charge >= 0.3 is 5.88 Å². The highest BCUT2D eigenvalue weighted by atomic mass is 16.6. The standard InChI is InChI=1S/C16H14N4O4/c1-10-7-15(18-14-8-11(23-2)3-5-13(10)14)19-17-9-12-4-6-16(24-12)20(21)22/h3-9H,1-2H3,(H,18,19). The molecule has 8 nitrogen and oxygen atoms in total. The van der Waals surface area contributed by atoms with E-state index in [2.05, 4.69) is 15.5 Å². The third-order valence-corrected chi connectivity index (χ3v) is 3.39. The van der Waals surface area contributed by atoms with Crippen molar-refractivity contribution in [2.75, 3.05) is 12.5 Å². The lowest BCUT2D eigenvalue weighted by atomic mass is 10.1. The number of hydrazone groups is 1. The molecule has 0 saturated carbocycles. The zero-order chi connectivity index (χ0) is 17.1. The van der Waals surface area contributed by atoms with Crippen molar-refractivity contribution in [3.05, 3.63) is 57.8 Å². The first kappa shape index (κ1) is 15.5. The summed E-state index contributed by atoms with van der Waals surface area (Å²) in [4.78, 5) is 14.4. The van der Waals surface area contributed by atoms with Gasteiger partial charge in [-0.05, 0) is 36.8 Å². The Bertz CT molecular complexity index is 933. The van der Waals surface area contributed by atoms with Crippen LogP contribution in [0.5, 0.6) is 5.75 Å². The van der Waals surface area contributed by atoms with E-state index < -0.39 is 4.92 Å². The molecule has 0 bridgehead atoms. The summed E-state index contributed by atoms with van der Waals surface area (Å²) in [5, 5.41) is 15.6. The molecule has 122 valence electrons. The Labute approximate surface area is 136 Å². The summed E-state index contributed by atoms with van der Waals surface area (Å²) in [5.41, 5.74) is 4.60. The first-order valence-corrected chi connectivity index (χ1v) is 7.05. The Balaban J connectivity index is 1.81. The van der Waals surface area contributed by atoms with Gasteiger partial charge < -0.3 is 9.15 Å². The summed E-state index contributed by atoms with van der Waals surface area (Å²) in [6, 6.07) is 10.3. The fourth-order valence-electron chi connectivity index (χ4n) is 2.24. The molecule has 3 aromatic rings. The van der Waals surface area contributed by atoms with Crippen molar-refractivity contribution in [2.45, 2.75) is 6.92 Å². The molecule has 2 aromatic heterocycles. The van der Waals surface area contributed by atoms with Gasteiger partial charge in [0.1, 0.15) is 16.5 Å². The van der Waals surface area contributed by atoms with Gasteiger partial charge in [0, 0.05) is 11.5 Å². The van der Waals surface area contributed by atoms with E-state index >= 15 is 0 Å². The van der Waals surface area contributed by atoms with Crippen LogP contribution in [0.15, 0.2) is 45.9 Å². The number of ether oxygens (including phenoxy) is 1. The highest BCUT2D eigenvalue weighted by Crippen LogP contribution is 2.24. The Morgan fingerprint density at radius 1 is 1.33 bits per heavy atom.